The number of carbonyl (C=O) groups is 1. The van der Waals surface area contributed by atoms with Gasteiger partial charge < -0.3 is 14.6 Å². The van der Waals surface area contributed by atoms with E-state index < -0.39 is 0 Å². The van der Waals surface area contributed by atoms with E-state index in [1.807, 2.05) is 6.07 Å². The van der Waals surface area contributed by atoms with Gasteiger partial charge in [0.1, 0.15) is 17.3 Å². The molecule has 0 amide bonds. The molecule has 2 aromatic rings. The molecule has 0 spiro atoms. The second kappa shape index (κ2) is 12.4. The highest BCUT2D eigenvalue weighted by atomic mass is 16.5. The Morgan fingerprint density at radius 1 is 0.824 bits per heavy atom. The summed E-state index contributed by atoms with van der Waals surface area (Å²) in [5, 5.41) is 9.31. The average Bonchev–Trinajstić information content (AvgIpc) is 2.84. The lowest BCUT2D eigenvalue weighted by Gasteiger charge is -2.33. The van der Waals surface area contributed by atoms with Crippen LogP contribution in [0.25, 0.3) is 0 Å². The zero-order valence-corrected chi connectivity index (χ0v) is 21.6. The Bertz CT molecular complexity index is 941. The minimum atomic E-state index is 0.343. The van der Waals surface area contributed by atoms with Gasteiger partial charge in [-0.2, -0.15) is 0 Å². The number of hydrogen-bond donors (Lipinski definition) is 1. The number of carbonyl (C=O) groups excluding carboxylic acids is 1. The number of hydrogen-bond acceptors (Lipinski definition) is 4. The molecule has 1 N–H and O–H groups in total. The SMILES string of the molecule is COc1ccc(C2CCC(=O)CC2)cc1C.COc1ccc(C2CCC(CO)C(C)C2)cc1C. The molecule has 4 nitrogen and oxygen atoms in total. The molecular weight excluding hydrogens is 424 g/mol. The van der Waals surface area contributed by atoms with Crippen LogP contribution in [0.4, 0.5) is 0 Å². The Hall–Kier alpha value is -2.33. The van der Waals surface area contributed by atoms with E-state index in [-0.39, 0.29) is 0 Å². The Labute approximate surface area is 205 Å². The Morgan fingerprint density at radius 2 is 1.35 bits per heavy atom. The molecule has 2 aliphatic rings. The van der Waals surface area contributed by atoms with E-state index in [4.69, 9.17) is 9.47 Å². The highest BCUT2D eigenvalue weighted by Gasteiger charge is 2.28. The van der Waals surface area contributed by atoms with Crippen molar-refractivity contribution in [1.29, 1.82) is 0 Å². The van der Waals surface area contributed by atoms with Crippen LogP contribution in [-0.2, 0) is 4.79 Å². The number of aliphatic hydroxyl groups excluding tert-OH is 1. The van der Waals surface area contributed by atoms with E-state index in [0.29, 0.717) is 36.1 Å². The average molecular weight is 467 g/mol. The molecule has 0 radical (unpaired) electrons. The van der Waals surface area contributed by atoms with E-state index in [0.717, 1.165) is 43.6 Å². The number of Topliss-reactive ketones (excluding diaryl/α,β-unsaturated/α-hetero) is 1. The third-order valence-corrected chi connectivity index (χ3v) is 7.91. The molecule has 0 heterocycles. The predicted molar refractivity (Wildman–Crippen MR) is 138 cm³/mol. The molecule has 0 saturated heterocycles. The van der Waals surface area contributed by atoms with Crippen LogP contribution in [0.2, 0.25) is 0 Å². The van der Waals surface area contributed by atoms with Gasteiger partial charge in [0.2, 0.25) is 0 Å². The minimum absolute atomic E-state index is 0.343. The monoisotopic (exact) mass is 466 g/mol. The summed E-state index contributed by atoms with van der Waals surface area (Å²) in [5.41, 5.74) is 5.17. The fourth-order valence-corrected chi connectivity index (χ4v) is 5.62. The fraction of sp³-hybridized carbons (Fsp3) is 0.567. The van der Waals surface area contributed by atoms with Gasteiger partial charge in [-0.15, -0.1) is 0 Å². The number of methoxy groups -OCH3 is 2. The molecule has 34 heavy (non-hydrogen) atoms. The van der Waals surface area contributed by atoms with E-state index in [2.05, 4.69) is 51.1 Å². The summed E-state index contributed by atoms with van der Waals surface area (Å²) in [7, 11) is 3.41. The lowest BCUT2D eigenvalue weighted by atomic mass is 9.73. The maximum absolute atomic E-state index is 11.2. The van der Waals surface area contributed by atoms with Crippen LogP contribution < -0.4 is 9.47 Å². The van der Waals surface area contributed by atoms with Crippen LogP contribution in [0.15, 0.2) is 36.4 Å². The van der Waals surface area contributed by atoms with Crippen molar-refractivity contribution in [2.24, 2.45) is 11.8 Å². The number of aliphatic hydroxyl groups is 1. The lowest BCUT2D eigenvalue weighted by molar-refractivity contribution is -0.120. The Morgan fingerprint density at radius 3 is 1.79 bits per heavy atom. The van der Waals surface area contributed by atoms with Crippen molar-refractivity contribution in [2.45, 2.75) is 77.6 Å². The van der Waals surface area contributed by atoms with Crippen molar-refractivity contribution in [3.63, 3.8) is 0 Å². The third-order valence-electron chi connectivity index (χ3n) is 7.91. The molecule has 0 aromatic heterocycles. The fourth-order valence-electron chi connectivity index (χ4n) is 5.62. The summed E-state index contributed by atoms with van der Waals surface area (Å²) in [6, 6.07) is 12.9. The molecule has 2 aliphatic carbocycles. The van der Waals surface area contributed by atoms with Crippen molar-refractivity contribution < 1.29 is 19.4 Å². The molecule has 3 atom stereocenters. The van der Waals surface area contributed by atoms with Crippen molar-refractivity contribution in [1.82, 2.24) is 0 Å². The first-order valence-electron chi connectivity index (χ1n) is 12.8. The highest BCUT2D eigenvalue weighted by molar-refractivity contribution is 5.79. The van der Waals surface area contributed by atoms with Gasteiger partial charge in [0, 0.05) is 19.4 Å². The normalized spacial score (nSPS) is 23.1. The summed E-state index contributed by atoms with van der Waals surface area (Å²) in [6.07, 6.45) is 7.03. The molecule has 2 saturated carbocycles. The minimum Gasteiger partial charge on any atom is -0.496 e. The van der Waals surface area contributed by atoms with Crippen molar-refractivity contribution in [3.05, 3.63) is 58.7 Å². The van der Waals surface area contributed by atoms with Gasteiger partial charge in [-0.25, -0.2) is 0 Å². The zero-order valence-electron chi connectivity index (χ0n) is 21.6. The van der Waals surface area contributed by atoms with E-state index in [1.54, 1.807) is 14.2 Å². The quantitative estimate of drug-likeness (QED) is 0.530. The molecule has 0 aliphatic heterocycles. The largest absolute Gasteiger partial charge is 0.496 e. The van der Waals surface area contributed by atoms with Gasteiger partial charge >= 0.3 is 0 Å². The molecule has 4 rings (SSSR count). The molecule has 186 valence electrons. The smallest absolute Gasteiger partial charge is 0.132 e. The number of ketones is 1. The first-order chi connectivity index (χ1) is 16.4. The molecule has 3 unspecified atom stereocenters. The molecule has 0 bridgehead atoms. The topological polar surface area (TPSA) is 55.8 Å². The van der Waals surface area contributed by atoms with Crippen LogP contribution in [0, 0.1) is 25.7 Å². The maximum atomic E-state index is 11.2. The molecule has 2 aromatic carbocycles. The van der Waals surface area contributed by atoms with Crippen LogP contribution in [-0.4, -0.2) is 31.7 Å². The van der Waals surface area contributed by atoms with Crippen molar-refractivity contribution in [2.75, 3.05) is 20.8 Å². The summed E-state index contributed by atoms with van der Waals surface area (Å²) in [4.78, 5) is 11.2. The second-order valence-electron chi connectivity index (χ2n) is 10.2. The zero-order chi connectivity index (χ0) is 24.7. The molecular formula is C30H42O4. The van der Waals surface area contributed by atoms with E-state index >= 15 is 0 Å². The number of rotatable bonds is 5. The van der Waals surface area contributed by atoms with Crippen LogP contribution in [0.3, 0.4) is 0 Å². The number of benzene rings is 2. The van der Waals surface area contributed by atoms with Crippen LogP contribution in [0.5, 0.6) is 11.5 Å². The summed E-state index contributed by atoms with van der Waals surface area (Å²) in [6.45, 7) is 6.78. The van der Waals surface area contributed by atoms with E-state index in [9.17, 15) is 9.90 Å². The van der Waals surface area contributed by atoms with Crippen molar-refractivity contribution in [3.8, 4) is 11.5 Å². The third kappa shape index (κ3) is 6.63. The maximum Gasteiger partial charge on any atom is 0.132 e. The Kier molecular flexibility index (Phi) is 9.58. The molecule has 2 fully saturated rings. The van der Waals surface area contributed by atoms with Gasteiger partial charge in [0.05, 0.1) is 14.2 Å². The second-order valence-corrected chi connectivity index (χ2v) is 10.2. The summed E-state index contributed by atoms with van der Waals surface area (Å²) >= 11 is 0. The van der Waals surface area contributed by atoms with Crippen LogP contribution >= 0.6 is 0 Å². The first-order valence-corrected chi connectivity index (χ1v) is 12.8. The van der Waals surface area contributed by atoms with Gasteiger partial charge in [-0.3, -0.25) is 4.79 Å². The molecule has 4 heteroatoms. The van der Waals surface area contributed by atoms with Gasteiger partial charge in [-0.05, 0) is 104 Å². The first kappa shape index (κ1) is 26.3. The summed E-state index contributed by atoms with van der Waals surface area (Å²) in [5.74, 6) is 4.65. The van der Waals surface area contributed by atoms with Crippen LogP contribution in [0.1, 0.15) is 86.0 Å². The van der Waals surface area contributed by atoms with Crippen molar-refractivity contribution >= 4 is 5.78 Å². The van der Waals surface area contributed by atoms with Gasteiger partial charge in [-0.1, -0.05) is 31.2 Å². The standard InChI is InChI=1S/C16H24O2.C14H18O2/c1-11-8-13(4-5-15(11)10-17)14-6-7-16(18-3)12(2)9-14;1-10-9-12(5-8-14(10)16-2)11-3-6-13(15)7-4-11/h6-7,9,11,13,15,17H,4-5,8,10H2,1-3H3;5,8-9,11H,3-4,6-7H2,1-2H3. The number of ether oxygens (including phenoxy) is 2. The summed E-state index contributed by atoms with van der Waals surface area (Å²) < 4.78 is 10.6. The van der Waals surface area contributed by atoms with Gasteiger partial charge in [0.15, 0.2) is 0 Å². The van der Waals surface area contributed by atoms with Gasteiger partial charge in [0.25, 0.3) is 0 Å². The predicted octanol–water partition coefficient (Wildman–Crippen LogP) is 6.75. The highest BCUT2D eigenvalue weighted by Crippen LogP contribution is 2.40. The number of aryl methyl sites for hydroxylation is 2. The Balaban J connectivity index is 0.000000192. The lowest BCUT2D eigenvalue weighted by Crippen LogP contribution is -2.24. The van der Waals surface area contributed by atoms with E-state index in [1.165, 1.54) is 35.1 Å².